The summed E-state index contributed by atoms with van der Waals surface area (Å²) in [4.78, 5) is 4.60. The topological polar surface area (TPSA) is 34.1 Å². The number of halogens is 1. The lowest BCUT2D eigenvalue weighted by Gasteiger charge is -2.02. The first-order valence-corrected chi connectivity index (χ1v) is 7.15. The van der Waals surface area contributed by atoms with Crippen molar-refractivity contribution in [2.75, 3.05) is 12.4 Å². The van der Waals surface area contributed by atoms with Gasteiger partial charge in [-0.05, 0) is 36.4 Å². The highest BCUT2D eigenvalue weighted by molar-refractivity contribution is 7.14. The lowest BCUT2D eigenvalue weighted by Crippen LogP contribution is -3.00. The Morgan fingerprint density at radius 3 is 2.38 bits per heavy atom. The summed E-state index contributed by atoms with van der Waals surface area (Å²) < 4.78 is 5.16. The van der Waals surface area contributed by atoms with Crippen LogP contribution in [0.1, 0.15) is 0 Å². The quantitative estimate of drug-likeness (QED) is 0.765. The van der Waals surface area contributed by atoms with E-state index in [2.05, 4.69) is 10.3 Å². The molecule has 0 unspecified atom stereocenters. The molecule has 0 amide bonds. The highest BCUT2D eigenvalue weighted by atomic mass is 79.9. The van der Waals surface area contributed by atoms with Crippen molar-refractivity contribution in [2.24, 2.45) is 0 Å². The van der Waals surface area contributed by atoms with Gasteiger partial charge in [-0.1, -0.05) is 18.2 Å². The van der Waals surface area contributed by atoms with E-state index >= 15 is 0 Å². The Labute approximate surface area is 138 Å². The second-order valence-electron chi connectivity index (χ2n) is 4.26. The van der Waals surface area contributed by atoms with Crippen LogP contribution >= 0.6 is 11.3 Å². The second kappa shape index (κ2) is 7.24. The Morgan fingerprint density at radius 1 is 1.00 bits per heavy atom. The van der Waals surface area contributed by atoms with Gasteiger partial charge in [0, 0.05) is 16.6 Å². The number of para-hydroxylation sites is 1. The van der Waals surface area contributed by atoms with Gasteiger partial charge in [0.25, 0.3) is 0 Å². The zero-order valence-corrected chi connectivity index (χ0v) is 13.8. The van der Waals surface area contributed by atoms with Crippen molar-refractivity contribution in [2.45, 2.75) is 0 Å². The van der Waals surface area contributed by atoms with Gasteiger partial charge in [-0.15, -0.1) is 11.3 Å². The molecule has 2 aromatic carbocycles. The first-order valence-electron chi connectivity index (χ1n) is 6.27. The molecule has 3 nitrogen and oxygen atoms in total. The lowest BCUT2D eigenvalue weighted by atomic mass is 10.2. The minimum atomic E-state index is 0. The van der Waals surface area contributed by atoms with E-state index in [0.29, 0.717) is 0 Å². The van der Waals surface area contributed by atoms with Crippen LogP contribution in [0.15, 0.2) is 60.0 Å². The molecule has 0 spiro atoms. The lowest BCUT2D eigenvalue weighted by molar-refractivity contribution is -0.00000424. The fourth-order valence-corrected chi connectivity index (χ4v) is 2.61. The predicted octanol–water partition coefficient (Wildman–Crippen LogP) is 1.57. The molecule has 0 bridgehead atoms. The number of benzene rings is 2. The summed E-state index contributed by atoms with van der Waals surface area (Å²) in [5.74, 6) is 0.853. The number of rotatable bonds is 4. The number of anilines is 2. The van der Waals surface area contributed by atoms with Gasteiger partial charge in [0.05, 0.1) is 12.8 Å². The minimum Gasteiger partial charge on any atom is -1.00 e. The molecule has 0 fully saturated rings. The molecule has 1 aromatic heterocycles. The van der Waals surface area contributed by atoms with Gasteiger partial charge in [-0.3, -0.25) is 0 Å². The van der Waals surface area contributed by atoms with Crippen molar-refractivity contribution in [3.63, 3.8) is 0 Å². The van der Waals surface area contributed by atoms with Crippen LogP contribution in [0.4, 0.5) is 10.8 Å². The molecule has 21 heavy (non-hydrogen) atoms. The first kappa shape index (κ1) is 15.5. The molecule has 0 aliphatic rings. The summed E-state index contributed by atoms with van der Waals surface area (Å²) in [6, 6.07) is 18.0. The van der Waals surface area contributed by atoms with Gasteiger partial charge in [0.2, 0.25) is 0 Å². The third-order valence-electron chi connectivity index (χ3n) is 2.92. The molecule has 3 aromatic rings. The van der Waals surface area contributed by atoms with Gasteiger partial charge >= 0.3 is 0 Å². The van der Waals surface area contributed by atoms with Gasteiger partial charge in [0.15, 0.2) is 5.13 Å². The number of nitrogens with zero attached hydrogens (tertiary/aromatic N) is 1. The molecule has 0 saturated heterocycles. The number of thiazole rings is 1. The first-order chi connectivity index (χ1) is 9.85. The van der Waals surface area contributed by atoms with E-state index in [0.717, 1.165) is 27.8 Å². The van der Waals surface area contributed by atoms with E-state index in [9.17, 15) is 0 Å². The summed E-state index contributed by atoms with van der Waals surface area (Å²) >= 11 is 1.60. The van der Waals surface area contributed by atoms with E-state index in [1.165, 1.54) is 0 Å². The summed E-state index contributed by atoms with van der Waals surface area (Å²) in [6.07, 6.45) is 0. The molecule has 0 saturated carbocycles. The summed E-state index contributed by atoms with van der Waals surface area (Å²) in [5, 5.41) is 6.24. The molecule has 5 heteroatoms. The smallest absolute Gasteiger partial charge is 0.187 e. The summed E-state index contributed by atoms with van der Waals surface area (Å²) in [5.41, 5.74) is 3.10. The average Bonchev–Trinajstić information content (AvgIpc) is 2.97. The fraction of sp³-hybridized carbons (Fsp3) is 0.0625. The molecule has 1 heterocycles. The standard InChI is InChI=1S/C16H14N2OS.BrH/c1-19-14-9-7-12(8-10-14)15-11-20-16(18-15)17-13-5-3-2-4-6-13;/h2-11H,1H3,(H,17,18);1H/p-1. The van der Waals surface area contributed by atoms with Crippen molar-refractivity contribution in [3.8, 4) is 17.0 Å². The third kappa shape index (κ3) is 3.83. The van der Waals surface area contributed by atoms with Crippen molar-refractivity contribution in [1.29, 1.82) is 0 Å². The number of hydrogen-bond acceptors (Lipinski definition) is 4. The van der Waals surface area contributed by atoms with Gasteiger partial charge in [-0.2, -0.15) is 0 Å². The monoisotopic (exact) mass is 361 g/mol. The fourth-order valence-electron chi connectivity index (χ4n) is 1.87. The number of methoxy groups -OCH3 is 1. The maximum Gasteiger partial charge on any atom is 0.187 e. The van der Waals surface area contributed by atoms with Crippen LogP contribution in [0.5, 0.6) is 5.75 Å². The van der Waals surface area contributed by atoms with E-state index in [1.54, 1.807) is 18.4 Å². The molecule has 3 rings (SSSR count). The zero-order valence-electron chi connectivity index (χ0n) is 11.4. The molecule has 0 atom stereocenters. The Morgan fingerprint density at radius 2 is 1.71 bits per heavy atom. The zero-order chi connectivity index (χ0) is 13.8. The van der Waals surface area contributed by atoms with Crippen molar-refractivity contribution in [1.82, 2.24) is 4.98 Å². The van der Waals surface area contributed by atoms with E-state index in [-0.39, 0.29) is 17.0 Å². The largest absolute Gasteiger partial charge is 1.00 e. The molecule has 0 aliphatic heterocycles. The predicted molar refractivity (Wildman–Crippen MR) is 83.8 cm³/mol. The Balaban J connectivity index is 0.00000161. The van der Waals surface area contributed by atoms with Crippen molar-refractivity contribution in [3.05, 3.63) is 60.0 Å². The number of nitrogens with one attached hydrogen (secondary N) is 1. The van der Waals surface area contributed by atoms with E-state index < -0.39 is 0 Å². The van der Waals surface area contributed by atoms with Gasteiger partial charge in [-0.25, -0.2) is 4.98 Å². The Hall–Kier alpha value is -1.85. The summed E-state index contributed by atoms with van der Waals surface area (Å²) in [6.45, 7) is 0. The maximum atomic E-state index is 5.16. The van der Waals surface area contributed by atoms with Crippen molar-refractivity contribution >= 4 is 22.2 Å². The van der Waals surface area contributed by atoms with E-state index in [1.807, 2.05) is 60.0 Å². The molecule has 1 N–H and O–H groups in total. The normalized spacial score (nSPS) is 9.76. The van der Waals surface area contributed by atoms with Crippen LogP contribution in [-0.2, 0) is 0 Å². The second-order valence-corrected chi connectivity index (χ2v) is 5.12. The van der Waals surface area contributed by atoms with Crippen LogP contribution in [0.25, 0.3) is 11.3 Å². The van der Waals surface area contributed by atoms with Crippen LogP contribution < -0.4 is 27.0 Å². The average molecular weight is 362 g/mol. The summed E-state index contributed by atoms with van der Waals surface area (Å²) in [7, 11) is 1.67. The Bertz CT molecular complexity index is 683. The molecule has 0 aliphatic carbocycles. The molecular formula is C16H14BrN2OS-. The third-order valence-corrected chi connectivity index (χ3v) is 3.67. The number of aromatic nitrogens is 1. The minimum absolute atomic E-state index is 0. The van der Waals surface area contributed by atoms with Crippen LogP contribution in [0.2, 0.25) is 0 Å². The van der Waals surface area contributed by atoms with Crippen LogP contribution in [-0.4, -0.2) is 12.1 Å². The van der Waals surface area contributed by atoms with Crippen LogP contribution in [0.3, 0.4) is 0 Å². The highest BCUT2D eigenvalue weighted by Crippen LogP contribution is 2.28. The van der Waals surface area contributed by atoms with Crippen molar-refractivity contribution < 1.29 is 21.7 Å². The van der Waals surface area contributed by atoms with Gasteiger partial charge < -0.3 is 27.0 Å². The number of ether oxygens (including phenoxy) is 1. The number of hydrogen-bond donors (Lipinski definition) is 1. The molecule has 0 radical (unpaired) electrons. The Kier molecular flexibility index (Phi) is 5.36. The maximum absolute atomic E-state index is 5.16. The van der Waals surface area contributed by atoms with E-state index in [4.69, 9.17) is 4.74 Å². The van der Waals surface area contributed by atoms with Crippen LogP contribution in [0, 0.1) is 0 Å². The molecule has 108 valence electrons. The van der Waals surface area contributed by atoms with Gasteiger partial charge in [0.1, 0.15) is 5.75 Å². The SMILES string of the molecule is COc1ccc(-c2csc(Nc3ccccc3)n2)cc1.[Br-]. The molecular weight excluding hydrogens is 348 g/mol. The highest BCUT2D eigenvalue weighted by Gasteiger charge is 2.05.